The Morgan fingerprint density at radius 2 is 1.10 bits per heavy atom. The van der Waals surface area contributed by atoms with Crippen LogP contribution in [0, 0.1) is 35.5 Å². The fourth-order valence-corrected chi connectivity index (χ4v) is 8.95. The summed E-state index contributed by atoms with van der Waals surface area (Å²) < 4.78 is 38.0. The van der Waals surface area contributed by atoms with Gasteiger partial charge in [-0.05, 0) is 162 Å². The van der Waals surface area contributed by atoms with Gasteiger partial charge in [-0.15, -0.1) is 0 Å². The number of carboxylic acid groups (broad SMARTS) is 1. The zero-order valence-electron chi connectivity index (χ0n) is 58.9. The van der Waals surface area contributed by atoms with Gasteiger partial charge in [-0.2, -0.15) is 4.68 Å². The first-order chi connectivity index (χ1) is 38.6. The van der Waals surface area contributed by atoms with Crippen molar-refractivity contribution in [1.29, 1.82) is 0 Å². The molecule has 19 nitrogen and oxygen atoms in total. The van der Waals surface area contributed by atoms with Crippen molar-refractivity contribution in [3.8, 4) is 5.69 Å². The Kier molecular flexibility index (Phi) is 59.1. The first-order valence-electron chi connectivity index (χ1n) is 30.3. The summed E-state index contributed by atoms with van der Waals surface area (Å²) in [6.07, 6.45) is 16.0. The molecular weight excluding hydrogens is 1170 g/mol. The Morgan fingerprint density at radius 1 is 0.663 bits per heavy atom. The van der Waals surface area contributed by atoms with Crippen LogP contribution in [0.15, 0.2) is 71.9 Å². The van der Waals surface area contributed by atoms with Crippen molar-refractivity contribution >= 4 is 49.3 Å². The number of para-hydroxylation sites is 1. The third-order valence-corrected chi connectivity index (χ3v) is 25.5. The van der Waals surface area contributed by atoms with E-state index in [1.54, 1.807) is 58.2 Å². The summed E-state index contributed by atoms with van der Waals surface area (Å²) in [6.45, 7) is 51.8. The van der Waals surface area contributed by atoms with E-state index in [1.165, 1.54) is 11.1 Å². The van der Waals surface area contributed by atoms with Crippen molar-refractivity contribution < 1.29 is 53.1 Å². The highest BCUT2D eigenvalue weighted by atomic mass is 35.5. The molecule has 1 heterocycles. The van der Waals surface area contributed by atoms with Gasteiger partial charge in [0.05, 0.1) is 17.4 Å². The van der Waals surface area contributed by atoms with Crippen LogP contribution in [0.2, 0.25) is 36.3 Å². The fraction of sp³-hybridized carbons (Fsp3) is 0.762. The van der Waals surface area contributed by atoms with Crippen LogP contribution in [0.25, 0.3) is 5.69 Å². The normalized spacial score (nSPS) is 14.9. The second-order valence-electron chi connectivity index (χ2n) is 25.3. The molecule has 0 aliphatic carbocycles. The number of aliphatic hydroxyl groups is 2. The molecule has 11 N–H and O–H groups in total. The molecule has 0 spiro atoms. The summed E-state index contributed by atoms with van der Waals surface area (Å²) in [5.41, 5.74) is 0.614. The van der Waals surface area contributed by atoms with E-state index in [-0.39, 0.29) is 51.7 Å². The number of sulfone groups is 1. The first kappa shape index (κ1) is 96.5. The number of halogens is 1. The number of carbonyl (C=O) groups excluding carboxylic acids is 1. The van der Waals surface area contributed by atoms with E-state index in [1.807, 2.05) is 53.2 Å². The molecule has 2 aromatic rings. The number of aliphatic carboxylic acids is 1. The minimum Gasteiger partial charge on any atom is -0.481 e. The lowest BCUT2D eigenvalue weighted by Crippen LogP contribution is -2.41. The third-order valence-electron chi connectivity index (χ3n) is 14.5. The lowest BCUT2D eigenvalue weighted by molar-refractivity contribution is -0.139. The van der Waals surface area contributed by atoms with Crippen LogP contribution in [0.1, 0.15) is 157 Å². The standard InChI is InChI=1S/C14H31NOSi.C11H15N5O2S.C11H21NO2.C11H26OSi.C8H17NO.C5H12O.C3H5ClO.2H2O/c1-12(9-10-13(2)15-6)11-16-17(7,8)14(3,4)5;1-9(12-2)8-19(17,18)11-13-14-15-16(11)10-6-4-3-5-7-10;1-8(2)7-10(12-4)6-5-9(3)11(13)14;1-8-10(2)9-12-13(6,7)11(3,4)5;1-7(6-10)4-5-8(2)9-3;1-3-5(2)4-6;1-2-3(4)5;;/h9-10,12-13,15H,11H2,1-8H3;3-7,9,12H,8H2,1-2H3;5-6,8-10,12H,7H2,1-4H3,(H,13,14);10H,8-9H2,1-7H3;4-5,7-10H,6H2,1-3H3;5-6H,3-4H2,1-2H3;2H2,1H3;2*1H2/b10-9+;;6-5+;;5-4+;;;;/t12-,13-;9-;9-,10+;;7-,8-;;;;/m000.0..../s1. The SMILES string of the molecule is CCC(=O)Cl.CCC(C)CO.CCC(C)CO[Si](C)(C)C(C)(C)C.CN[C@@H](C)/C=C/[C@H](C)CO.CN[C@@H](C)/C=C/[C@H](C)CO[Si](C)(C)C(C)(C)C.CN[C@@H](C)CS(=O)(=O)c1nnnn1-c1ccccc1.CN[C@H](/C=C/[C@H](C)C(=O)O)CC(C)C.O.O. The quantitative estimate of drug-likeness (QED) is 0.0237. The van der Waals surface area contributed by atoms with E-state index in [0.29, 0.717) is 64.5 Å². The van der Waals surface area contributed by atoms with Crippen molar-refractivity contribution in [2.45, 2.75) is 223 Å². The lowest BCUT2D eigenvalue weighted by Gasteiger charge is -2.36. The topological polar surface area (TPSA) is 302 Å². The zero-order chi connectivity index (χ0) is 66.7. The van der Waals surface area contributed by atoms with E-state index in [4.69, 9.17) is 35.8 Å². The summed E-state index contributed by atoms with van der Waals surface area (Å²) in [4.78, 5) is 20.1. The number of rotatable bonds is 28. The number of hydrogen-bond acceptors (Lipinski definition) is 15. The molecule has 510 valence electrons. The minimum absolute atomic E-state index is 0. The fourth-order valence-electron chi connectivity index (χ4n) is 5.17. The molecule has 2 rings (SSSR count). The highest BCUT2D eigenvalue weighted by molar-refractivity contribution is 7.91. The van der Waals surface area contributed by atoms with Crippen LogP contribution in [0.4, 0.5) is 0 Å². The molecule has 0 fully saturated rings. The average molecular weight is 1300 g/mol. The number of likely N-dealkylation sites (N-methyl/N-ethyl adjacent to an activating group) is 3. The molecule has 0 saturated heterocycles. The number of nitrogens with zero attached hydrogens (tertiary/aromatic N) is 4. The summed E-state index contributed by atoms with van der Waals surface area (Å²) >= 11 is 4.82. The van der Waals surface area contributed by atoms with Gasteiger partial charge >= 0.3 is 5.97 Å². The van der Waals surface area contributed by atoms with E-state index in [0.717, 1.165) is 26.1 Å². The average Bonchev–Trinajstić information content (AvgIpc) is 4.13. The smallest absolute Gasteiger partial charge is 0.310 e. The van der Waals surface area contributed by atoms with Gasteiger partial charge in [-0.25, -0.2) is 8.42 Å². The Labute approximate surface area is 532 Å². The van der Waals surface area contributed by atoms with Crippen LogP contribution in [-0.4, -0.2) is 167 Å². The van der Waals surface area contributed by atoms with Gasteiger partial charge in [-0.1, -0.05) is 176 Å². The lowest BCUT2D eigenvalue weighted by atomic mass is 10.0. The van der Waals surface area contributed by atoms with E-state index in [2.05, 4.69) is 178 Å². The van der Waals surface area contributed by atoms with E-state index in [9.17, 15) is 18.0 Å². The van der Waals surface area contributed by atoms with Crippen LogP contribution in [0.5, 0.6) is 0 Å². The van der Waals surface area contributed by atoms with Crippen LogP contribution >= 0.6 is 11.6 Å². The maximum absolute atomic E-state index is 12.3. The molecule has 2 unspecified atom stereocenters. The molecule has 0 bridgehead atoms. The summed E-state index contributed by atoms with van der Waals surface area (Å²) in [5, 5.41) is 49.0. The Bertz CT molecular complexity index is 2130. The Balaban J connectivity index is -0.000000175. The second-order valence-corrected chi connectivity index (χ2v) is 37.3. The Morgan fingerprint density at radius 3 is 1.44 bits per heavy atom. The number of hydrogen-bond donors (Lipinski definition) is 7. The number of tetrazole rings is 1. The van der Waals surface area contributed by atoms with Crippen molar-refractivity contribution in [3.63, 3.8) is 0 Å². The maximum Gasteiger partial charge on any atom is 0.310 e. The van der Waals surface area contributed by atoms with Crippen molar-refractivity contribution in [2.75, 3.05) is 60.4 Å². The number of aromatic nitrogens is 4. The van der Waals surface area contributed by atoms with Gasteiger partial charge in [0, 0.05) is 57.0 Å². The minimum atomic E-state index is -3.54. The molecule has 1 aromatic carbocycles. The Hall–Kier alpha value is -3.08. The maximum atomic E-state index is 12.3. The van der Waals surface area contributed by atoms with Gasteiger partial charge in [0.15, 0.2) is 16.6 Å². The number of benzene rings is 1. The van der Waals surface area contributed by atoms with Crippen LogP contribution < -0.4 is 21.3 Å². The molecule has 0 aliphatic rings. The molecule has 0 saturated carbocycles. The number of carboxylic acids is 1. The molecule has 23 heteroatoms. The molecule has 1 aromatic heterocycles. The highest BCUT2D eigenvalue weighted by Crippen LogP contribution is 2.37. The van der Waals surface area contributed by atoms with Gasteiger partial charge in [-0.3, -0.25) is 9.59 Å². The molecular formula is C63H131ClN8O11SSi2. The van der Waals surface area contributed by atoms with Crippen LogP contribution in [-0.2, 0) is 28.3 Å². The van der Waals surface area contributed by atoms with Crippen molar-refractivity contribution in [3.05, 3.63) is 66.8 Å². The van der Waals surface area contributed by atoms with Crippen molar-refractivity contribution in [2.24, 2.45) is 35.5 Å². The predicted octanol–water partition coefficient (Wildman–Crippen LogP) is 11.1. The number of nitrogens with one attached hydrogen (secondary N) is 4. The number of carbonyl (C=O) groups is 2. The zero-order valence-corrected chi connectivity index (χ0v) is 62.4. The molecule has 0 radical (unpaired) electrons. The summed E-state index contributed by atoms with van der Waals surface area (Å²) in [7, 11) is 0.885. The first-order valence-corrected chi connectivity index (χ1v) is 38.2. The van der Waals surface area contributed by atoms with Crippen LogP contribution in [0.3, 0.4) is 0 Å². The monoisotopic (exact) mass is 1300 g/mol. The molecule has 0 aliphatic heterocycles. The number of aliphatic hydroxyl groups excluding tert-OH is 2. The predicted molar refractivity (Wildman–Crippen MR) is 369 cm³/mol. The second kappa shape index (κ2) is 52.7. The van der Waals surface area contributed by atoms with E-state index >= 15 is 0 Å². The highest BCUT2D eigenvalue weighted by Gasteiger charge is 2.38. The third kappa shape index (κ3) is 50.8. The summed E-state index contributed by atoms with van der Waals surface area (Å²) in [5.74, 6) is 1.32. The van der Waals surface area contributed by atoms with E-state index < -0.39 is 38.4 Å². The summed E-state index contributed by atoms with van der Waals surface area (Å²) in [6, 6.07) is 9.86. The molecule has 9 atom stereocenters. The van der Waals surface area contributed by atoms with Gasteiger partial charge in [0.25, 0.3) is 5.16 Å². The van der Waals surface area contributed by atoms with Gasteiger partial charge in [0.1, 0.15) is 0 Å². The van der Waals surface area contributed by atoms with Crippen molar-refractivity contribution in [1.82, 2.24) is 41.5 Å². The van der Waals surface area contributed by atoms with Gasteiger partial charge < -0.3 is 56.4 Å². The molecule has 86 heavy (non-hydrogen) atoms. The molecule has 0 amide bonds. The van der Waals surface area contributed by atoms with Gasteiger partial charge in [0.2, 0.25) is 15.1 Å². The largest absolute Gasteiger partial charge is 0.481 e.